The molecule has 1 fully saturated rings. The quantitative estimate of drug-likeness (QED) is 0.814. The first-order valence-corrected chi connectivity index (χ1v) is 7.85. The summed E-state index contributed by atoms with van der Waals surface area (Å²) in [5.74, 6) is 1.66. The van der Waals surface area contributed by atoms with Crippen LogP contribution in [-0.2, 0) is 4.74 Å². The molecule has 4 atom stereocenters. The monoisotopic (exact) mass is 284 g/mol. The van der Waals surface area contributed by atoms with Crippen LogP contribution in [0.4, 0.5) is 4.79 Å². The van der Waals surface area contributed by atoms with Gasteiger partial charge < -0.3 is 15.0 Å². The highest BCUT2D eigenvalue weighted by atomic mass is 16.6. The van der Waals surface area contributed by atoms with Gasteiger partial charge in [-0.2, -0.15) is 0 Å². The summed E-state index contributed by atoms with van der Waals surface area (Å²) < 4.78 is 5.45. The van der Waals surface area contributed by atoms with E-state index in [9.17, 15) is 4.79 Å². The van der Waals surface area contributed by atoms with Crippen molar-refractivity contribution in [2.24, 2.45) is 11.8 Å². The largest absolute Gasteiger partial charge is 0.444 e. The van der Waals surface area contributed by atoms with Gasteiger partial charge in [-0.15, -0.1) is 0 Å². The van der Waals surface area contributed by atoms with Gasteiger partial charge in [-0.05, 0) is 58.9 Å². The van der Waals surface area contributed by atoms with Crippen LogP contribution in [-0.4, -0.2) is 42.3 Å². The van der Waals surface area contributed by atoms with E-state index in [1.807, 2.05) is 27.8 Å². The molecule has 4 unspecified atom stereocenters. The number of nitrogens with zero attached hydrogens (tertiary/aromatic N) is 1. The Morgan fingerprint density at radius 1 is 1.45 bits per heavy atom. The predicted molar refractivity (Wildman–Crippen MR) is 82.8 cm³/mol. The third kappa shape index (κ3) is 5.31. The van der Waals surface area contributed by atoms with E-state index in [0.29, 0.717) is 6.04 Å². The summed E-state index contributed by atoms with van der Waals surface area (Å²) in [5, 5.41) is 3.52. The standard InChI is InChI=1S/C16H32N2O2/c1-8-17-14(10-13-9-11(13)2)12(3)18(7)15(19)20-16(4,5)6/h11-14,17H,8-10H2,1-7H3. The van der Waals surface area contributed by atoms with Crippen LogP contribution in [0.3, 0.4) is 0 Å². The van der Waals surface area contributed by atoms with E-state index >= 15 is 0 Å². The number of nitrogens with one attached hydrogen (secondary N) is 1. The Hall–Kier alpha value is -0.770. The molecule has 0 aliphatic heterocycles. The summed E-state index contributed by atoms with van der Waals surface area (Å²) in [4.78, 5) is 13.9. The maximum Gasteiger partial charge on any atom is 0.410 e. The van der Waals surface area contributed by atoms with Crippen molar-refractivity contribution >= 4 is 6.09 Å². The first-order valence-electron chi connectivity index (χ1n) is 7.85. The van der Waals surface area contributed by atoms with E-state index in [4.69, 9.17) is 4.74 Å². The van der Waals surface area contributed by atoms with Gasteiger partial charge in [-0.25, -0.2) is 4.79 Å². The lowest BCUT2D eigenvalue weighted by atomic mass is 10.0. The minimum absolute atomic E-state index is 0.137. The van der Waals surface area contributed by atoms with Gasteiger partial charge in [0.05, 0.1) is 0 Å². The second kappa shape index (κ2) is 6.79. The fourth-order valence-electron chi connectivity index (χ4n) is 2.54. The molecular formula is C16H32N2O2. The van der Waals surface area contributed by atoms with Crippen molar-refractivity contribution in [1.29, 1.82) is 0 Å². The highest BCUT2D eigenvalue weighted by Crippen LogP contribution is 2.41. The number of hydrogen-bond donors (Lipinski definition) is 1. The summed E-state index contributed by atoms with van der Waals surface area (Å²) in [5.41, 5.74) is -0.441. The van der Waals surface area contributed by atoms with Crippen molar-refractivity contribution in [3.63, 3.8) is 0 Å². The fourth-order valence-corrected chi connectivity index (χ4v) is 2.54. The molecule has 0 saturated heterocycles. The van der Waals surface area contributed by atoms with Gasteiger partial charge in [0.25, 0.3) is 0 Å². The summed E-state index contributed by atoms with van der Waals surface area (Å²) >= 11 is 0. The molecule has 0 aromatic rings. The molecule has 1 amide bonds. The lowest BCUT2D eigenvalue weighted by Crippen LogP contribution is -2.50. The van der Waals surface area contributed by atoms with Crippen molar-refractivity contribution in [3.8, 4) is 0 Å². The smallest absolute Gasteiger partial charge is 0.410 e. The Morgan fingerprint density at radius 3 is 2.40 bits per heavy atom. The molecule has 0 bridgehead atoms. The van der Waals surface area contributed by atoms with E-state index in [1.54, 1.807) is 4.90 Å². The zero-order valence-corrected chi connectivity index (χ0v) is 14.2. The van der Waals surface area contributed by atoms with Crippen LogP contribution in [0.25, 0.3) is 0 Å². The predicted octanol–water partition coefficient (Wildman–Crippen LogP) is 3.27. The lowest BCUT2D eigenvalue weighted by Gasteiger charge is -2.34. The van der Waals surface area contributed by atoms with Crippen LogP contribution < -0.4 is 5.32 Å². The number of carbonyl (C=O) groups is 1. The molecule has 1 saturated carbocycles. The van der Waals surface area contributed by atoms with E-state index < -0.39 is 5.60 Å². The zero-order valence-electron chi connectivity index (χ0n) is 14.2. The molecule has 4 heteroatoms. The van der Waals surface area contributed by atoms with Gasteiger partial charge in [-0.1, -0.05) is 13.8 Å². The van der Waals surface area contributed by atoms with Crippen LogP contribution >= 0.6 is 0 Å². The van der Waals surface area contributed by atoms with Crippen molar-refractivity contribution in [2.75, 3.05) is 13.6 Å². The van der Waals surface area contributed by atoms with Crippen LogP contribution in [0.1, 0.15) is 54.4 Å². The van der Waals surface area contributed by atoms with Crippen LogP contribution in [0, 0.1) is 11.8 Å². The van der Waals surface area contributed by atoms with Gasteiger partial charge >= 0.3 is 6.09 Å². The summed E-state index contributed by atoms with van der Waals surface area (Å²) in [6.45, 7) is 13.1. The van der Waals surface area contributed by atoms with Gasteiger partial charge in [0.1, 0.15) is 5.60 Å². The number of carbonyl (C=O) groups excluding carboxylic acids is 1. The third-order valence-electron chi connectivity index (χ3n) is 4.17. The van der Waals surface area contributed by atoms with Gasteiger partial charge in [0.2, 0.25) is 0 Å². The topological polar surface area (TPSA) is 41.6 Å². The van der Waals surface area contributed by atoms with Crippen molar-refractivity contribution < 1.29 is 9.53 Å². The van der Waals surface area contributed by atoms with Gasteiger partial charge in [0.15, 0.2) is 0 Å². The molecule has 1 N–H and O–H groups in total. The first-order chi connectivity index (χ1) is 9.15. The summed E-state index contributed by atoms with van der Waals surface area (Å²) in [6.07, 6.45) is 2.23. The average molecular weight is 284 g/mol. The third-order valence-corrected chi connectivity index (χ3v) is 4.17. The highest BCUT2D eigenvalue weighted by Gasteiger charge is 2.37. The number of likely N-dealkylation sites (N-methyl/N-ethyl adjacent to an activating group) is 2. The molecule has 118 valence electrons. The number of amides is 1. The molecule has 20 heavy (non-hydrogen) atoms. The molecule has 1 aliphatic rings. The first kappa shape index (κ1) is 17.3. The SMILES string of the molecule is CCNC(CC1CC1C)C(C)N(C)C(=O)OC(C)(C)C. The van der Waals surface area contributed by atoms with E-state index in [2.05, 4.69) is 26.1 Å². The number of hydrogen-bond acceptors (Lipinski definition) is 3. The highest BCUT2D eigenvalue weighted by molar-refractivity contribution is 5.68. The van der Waals surface area contributed by atoms with Gasteiger partial charge in [0, 0.05) is 19.1 Å². The van der Waals surface area contributed by atoms with E-state index in [1.165, 1.54) is 6.42 Å². The van der Waals surface area contributed by atoms with Gasteiger partial charge in [-0.3, -0.25) is 0 Å². The second-order valence-corrected chi connectivity index (χ2v) is 7.20. The van der Waals surface area contributed by atoms with E-state index in [0.717, 1.165) is 24.8 Å². The zero-order chi connectivity index (χ0) is 15.5. The Labute approximate surface area is 124 Å². The van der Waals surface area contributed by atoms with E-state index in [-0.39, 0.29) is 12.1 Å². The Balaban J connectivity index is 2.57. The average Bonchev–Trinajstić information content (AvgIpc) is 3.00. The normalized spacial score (nSPS) is 24.9. The fraction of sp³-hybridized carbons (Fsp3) is 0.938. The Kier molecular flexibility index (Phi) is 5.87. The van der Waals surface area contributed by atoms with Crippen molar-refractivity contribution in [3.05, 3.63) is 0 Å². The molecule has 4 nitrogen and oxygen atoms in total. The Morgan fingerprint density at radius 2 is 2.00 bits per heavy atom. The maximum atomic E-state index is 12.2. The van der Waals surface area contributed by atoms with Crippen LogP contribution in [0.5, 0.6) is 0 Å². The molecule has 0 spiro atoms. The molecule has 0 aromatic heterocycles. The van der Waals surface area contributed by atoms with Crippen molar-refractivity contribution in [1.82, 2.24) is 10.2 Å². The minimum atomic E-state index is -0.441. The minimum Gasteiger partial charge on any atom is -0.444 e. The summed E-state index contributed by atoms with van der Waals surface area (Å²) in [7, 11) is 1.83. The molecule has 0 heterocycles. The van der Waals surface area contributed by atoms with Crippen LogP contribution in [0.15, 0.2) is 0 Å². The van der Waals surface area contributed by atoms with Crippen molar-refractivity contribution in [2.45, 2.75) is 72.1 Å². The summed E-state index contributed by atoms with van der Waals surface area (Å²) in [6, 6.07) is 0.477. The second-order valence-electron chi connectivity index (χ2n) is 7.20. The Bertz CT molecular complexity index is 325. The number of ether oxygens (including phenoxy) is 1. The lowest BCUT2D eigenvalue weighted by molar-refractivity contribution is 0.0198. The molecule has 1 rings (SSSR count). The molecule has 0 aromatic carbocycles. The van der Waals surface area contributed by atoms with Crippen LogP contribution in [0.2, 0.25) is 0 Å². The molecular weight excluding hydrogens is 252 g/mol. The molecule has 0 radical (unpaired) electrons. The maximum absolute atomic E-state index is 12.2. The number of rotatable bonds is 6. The molecule has 1 aliphatic carbocycles.